The molecule has 2 fully saturated rings. The smallest absolute Gasteiger partial charge is 0.870 e. The van der Waals surface area contributed by atoms with Gasteiger partial charge in [-0.1, -0.05) is 153 Å². The van der Waals surface area contributed by atoms with Crippen LogP contribution in [-0.4, -0.2) is 136 Å². The number of esters is 4. The van der Waals surface area contributed by atoms with E-state index in [9.17, 15) is 28.0 Å². The molecule has 8 aromatic heterocycles. The molecule has 0 unspecified atom stereocenters. The van der Waals surface area contributed by atoms with E-state index in [2.05, 4.69) is 67.5 Å². The van der Waals surface area contributed by atoms with Gasteiger partial charge in [0.15, 0.2) is 46.5 Å². The Hall–Kier alpha value is -10.4. The van der Waals surface area contributed by atoms with E-state index >= 15 is 26.3 Å². The van der Waals surface area contributed by atoms with Gasteiger partial charge >= 0.3 is 49.9 Å². The van der Waals surface area contributed by atoms with Crippen molar-refractivity contribution >= 4 is 185 Å². The topological polar surface area (TPSA) is 298 Å². The zero-order chi connectivity index (χ0) is 99.0. The molecule has 16 aromatic rings. The minimum Gasteiger partial charge on any atom is -0.870 e. The molecule has 0 saturated heterocycles. The molecule has 0 amide bonds. The molecule has 2 aliphatic rings. The van der Waals surface area contributed by atoms with E-state index in [1.807, 2.05) is 70.9 Å². The van der Waals surface area contributed by atoms with Crippen molar-refractivity contribution in [1.82, 2.24) is 57.4 Å². The van der Waals surface area contributed by atoms with E-state index in [4.69, 9.17) is 70.7 Å². The first-order valence-electron chi connectivity index (χ1n) is 44.1. The zero-order valence-corrected chi connectivity index (χ0v) is 85.5. The quantitative estimate of drug-likeness (QED) is 0.0135. The Labute approximate surface area is 865 Å². The summed E-state index contributed by atoms with van der Waals surface area (Å²) in [5.41, 5.74) is 4.64. The average Bonchev–Trinajstić information content (AvgIpc) is 1.88. The van der Waals surface area contributed by atoms with Crippen LogP contribution in [0.1, 0.15) is 160 Å². The number of halogens is 13. The third-order valence-corrected chi connectivity index (χ3v) is 27.3. The molecule has 0 bridgehead atoms. The van der Waals surface area contributed by atoms with E-state index in [-0.39, 0.29) is 141 Å². The van der Waals surface area contributed by atoms with Crippen molar-refractivity contribution in [3.05, 3.63) is 289 Å². The second kappa shape index (κ2) is 51.7. The van der Waals surface area contributed by atoms with Gasteiger partial charge in [0, 0.05) is 126 Å². The Kier molecular flexibility index (Phi) is 41.3. The molecule has 0 aliphatic heterocycles. The predicted molar refractivity (Wildman–Crippen MR) is 535 cm³/mol. The molecule has 0 radical (unpaired) electrons. The first kappa shape index (κ1) is 113. The second-order valence-electron chi connectivity index (χ2n) is 31.2. The van der Waals surface area contributed by atoms with Gasteiger partial charge in [0.05, 0.1) is 143 Å². The number of carbonyl (C=O) groups excluding carboxylic acids is 4. The fraction of sp³-hybridized carbons (Fsp3) is 0.265. The Morgan fingerprint density at radius 2 is 0.773 bits per heavy atom. The SMILES string of the molecule is CCCn1cc(-n2c(Br)c(Sc3cccc(C(=O)OCC)c3F)c3ccc(Cl)c(F)c32)cn1.CCCn1cc(-n2c(C3CC3)c(Sc3cccc(C(=O)OCC)c3F)c3ccc(Cl)c(F)c32)cn1.CCCn1cc(-n2cc(Sc3cccc(C(=O)OCC)c3F)c3ccc(Cl)c(F)c32)cn1.CCCn1cc(-n2ccc3ccc(Cl)c(F)c32)cn1.CCOC(=O)c1cccc(S)c1F.O.OB(O)C1CC1.[Li+].[OH-]. The molecule has 2 saturated carbocycles. The summed E-state index contributed by atoms with van der Waals surface area (Å²) in [6, 6.07) is 33.0. The Morgan fingerprint density at radius 1 is 0.418 bits per heavy atom. The van der Waals surface area contributed by atoms with Crippen LogP contribution in [0.5, 0.6) is 0 Å². The minimum absolute atomic E-state index is 0. The molecule has 43 heteroatoms. The maximum Gasteiger partial charge on any atom is 1.00 e. The molecular weight excluding hydrogens is 2060 g/mol. The van der Waals surface area contributed by atoms with Crippen LogP contribution in [0.25, 0.3) is 66.4 Å². The average molecular weight is 2150 g/mol. The van der Waals surface area contributed by atoms with Crippen LogP contribution >= 0.6 is 110 Å². The van der Waals surface area contributed by atoms with E-state index in [1.54, 1.807) is 148 Å². The molecule has 2 aliphatic carbocycles. The number of aryl methyl sites for hydroxylation is 4. The number of aromatic nitrogens is 12. The monoisotopic (exact) mass is 2150 g/mol. The van der Waals surface area contributed by atoms with Crippen molar-refractivity contribution in [2.75, 3.05) is 26.4 Å². The zero-order valence-electron chi connectivity index (χ0n) is 77.5. The molecule has 8 aromatic carbocycles. The summed E-state index contributed by atoms with van der Waals surface area (Å²) in [6.45, 7) is 18.6. The number of benzene rings is 8. The van der Waals surface area contributed by atoms with E-state index in [1.165, 1.54) is 60.3 Å². The van der Waals surface area contributed by atoms with Crippen molar-refractivity contribution in [2.45, 2.75) is 179 Å². The summed E-state index contributed by atoms with van der Waals surface area (Å²) in [4.78, 5) is 50.3. The van der Waals surface area contributed by atoms with Gasteiger partial charge in [-0.2, -0.15) is 20.4 Å². The summed E-state index contributed by atoms with van der Waals surface area (Å²) in [5, 5.41) is 36.5. The fourth-order valence-corrected chi connectivity index (χ4v) is 19.6. The summed E-state index contributed by atoms with van der Waals surface area (Å²) >= 11 is 35.0. The Bertz CT molecular complexity index is 7140. The summed E-state index contributed by atoms with van der Waals surface area (Å²) in [5.74, 6) is -7.15. The largest absolute Gasteiger partial charge is 1.00 e. The van der Waals surface area contributed by atoms with E-state index in [0.29, 0.717) is 59.5 Å². The van der Waals surface area contributed by atoms with Crippen LogP contribution in [0, 0.1) is 46.5 Å². The van der Waals surface area contributed by atoms with Crippen molar-refractivity contribution in [2.24, 2.45) is 0 Å². The molecule has 5 N–H and O–H groups in total. The number of rotatable bonds is 28. The first-order chi connectivity index (χ1) is 66.4. The van der Waals surface area contributed by atoms with E-state index in [0.717, 1.165) is 122 Å². The number of carbonyl (C=O) groups is 4. The maximum atomic E-state index is 15.5. The van der Waals surface area contributed by atoms with Crippen molar-refractivity contribution in [3.63, 3.8) is 0 Å². The maximum absolute atomic E-state index is 15.5. The number of thiol groups is 1. The number of fused-ring (bicyclic) bond motifs is 4. The molecule has 18 rings (SSSR count). The third-order valence-electron chi connectivity index (χ3n) is 21.4. The molecule has 8 heterocycles. The number of ether oxygens (including phenoxy) is 4. The van der Waals surface area contributed by atoms with Gasteiger partial charge in [-0.3, -0.25) is 23.3 Å². The van der Waals surface area contributed by atoms with Gasteiger partial charge < -0.3 is 53.6 Å². The fourth-order valence-electron chi connectivity index (χ4n) is 14.7. The van der Waals surface area contributed by atoms with Crippen LogP contribution in [0.15, 0.2) is 228 Å². The number of hydrogen-bond acceptors (Lipinski definition) is 19. The summed E-state index contributed by atoms with van der Waals surface area (Å²) < 4.78 is 153. The second-order valence-corrected chi connectivity index (χ2v) is 37.2. The summed E-state index contributed by atoms with van der Waals surface area (Å²) in [6.07, 6.45) is 25.3. The van der Waals surface area contributed by atoms with Crippen LogP contribution in [-0.2, 0) is 45.1 Å². The Balaban J connectivity index is 0.000000183. The summed E-state index contributed by atoms with van der Waals surface area (Å²) in [7, 11) is -1.04. The number of hydrogen-bond donors (Lipinski definition) is 3. The van der Waals surface area contributed by atoms with Crippen molar-refractivity contribution < 1.29 is 113 Å². The molecule has 141 heavy (non-hydrogen) atoms. The van der Waals surface area contributed by atoms with Crippen LogP contribution in [0.4, 0.5) is 35.1 Å². The Morgan fingerprint density at radius 3 is 1.18 bits per heavy atom. The molecule has 738 valence electrons. The first-order valence-corrected chi connectivity index (χ1v) is 49.3. The van der Waals surface area contributed by atoms with Crippen LogP contribution in [0.2, 0.25) is 25.9 Å². The third kappa shape index (κ3) is 26.1. The van der Waals surface area contributed by atoms with Gasteiger partial charge in [-0.15, -0.1) is 12.6 Å². The van der Waals surface area contributed by atoms with Gasteiger partial charge in [0.2, 0.25) is 0 Å². The van der Waals surface area contributed by atoms with Crippen molar-refractivity contribution in [3.8, 4) is 22.7 Å². The minimum atomic E-state index is -1.04. The normalized spacial score (nSPS) is 11.9. The van der Waals surface area contributed by atoms with Gasteiger partial charge in [-0.05, 0) is 185 Å². The molecule has 24 nitrogen and oxygen atoms in total. The van der Waals surface area contributed by atoms with Gasteiger partial charge in [-0.25, -0.2) is 54.3 Å². The predicted octanol–water partition coefficient (Wildman–Crippen LogP) is 23.1. The number of nitrogens with zero attached hydrogens (tertiary/aromatic N) is 12. The molecule has 0 atom stereocenters. The van der Waals surface area contributed by atoms with Crippen molar-refractivity contribution in [1.29, 1.82) is 0 Å². The molecular formula is C98H95BBrCl4F8LiN12O12S4. The van der Waals surface area contributed by atoms with Crippen LogP contribution < -0.4 is 18.9 Å². The molecule has 0 spiro atoms. The standard InChI is InChI=1S/C26H24ClF2N3O2S.C23H19BrClF2N3O2S.C23H20ClF2N3O2S.C14H13ClFN3.C9H9FO2S.C3H7BO2.Li.2H2O/c1-3-12-31-14-16(13-30-31)32-23(15-8-9-15)25(18-10-11-19(27)22(29)24(18)32)35-20-7-5-6-17(21(20)28)26(33)34-4-2;1-3-10-29-12-13(11-28-29)30-20-15(8-9-16(25)19(20)27)21(22(30)24)33-17-7-5-6-14(18(17)26)23(31)32-4-2;1-3-10-28-12-14(11-27-28)29-13-19(15-8-9-17(24)21(26)22(15)29)32-18-7-5-6-16(20(18)25)23(30)31-4-2;1-2-6-18-9-11(8-17-18)19-7-5-10-3-4-12(15)13(16)14(10)19;1-2-12-9(11)6-4-3-5-7(13)8(6)10;5-4(6)3-1-2-3;;;/h5-7,10-11,13-15H,3-4,8-9,12H2,1-2H3;5-9,11-12H,3-4,10H2,1-2H3;5-9,11-13H,3-4,10H2,1-2H3;3-5,7-9H,2,6H2,1H3;3-5,13H,2H2,1H3;3,5-6H,1-2H2;;2*1H2/q;;;;;;+1;;/p-1. The van der Waals surface area contributed by atoms with Gasteiger partial charge in [0.1, 0.15) is 4.60 Å². The van der Waals surface area contributed by atoms with Crippen LogP contribution in [0.3, 0.4) is 0 Å². The van der Waals surface area contributed by atoms with E-state index < -0.39 is 77.5 Å². The van der Waals surface area contributed by atoms with Gasteiger partial charge in [0.25, 0.3) is 0 Å².